The van der Waals surface area contributed by atoms with Crippen LogP contribution in [0.5, 0.6) is 11.5 Å². The molecule has 0 atom stereocenters. The first kappa shape index (κ1) is 25.1. The molecule has 0 N–H and O–H groups in total. The fourth-order valence-electron chi connectivity index (χ4n) is 3.93. The highest BCUT2D eigenvalue weighted by molar-refractivity contribution is 14.1. The summed E-state index contributed by atoms with van der Waals surface area (Å²) in [6, 6.07) is 25.2. The van der Waals surface area contributed by atoms with Gasteiger partial charge in [0.1, 0.15) is 6.61 Å². The smallest absolute Gasteiger partial charge is 0.270 e. The second-order valence-corrected chi connectivity index (χ2v) is 11.2. The van der Waals surface area contributed by atoms with Crippen LogP contribution in [0.4, 0.5) is 5.69 Å². The lowest BCUT2D eigenvalue weighted by Crippen LogP contribution is -2.27. The van der Waals surface area contributed by atoms with Gasteiger partial charge < -0.3 is 9.47 Å². The van der Waals surface area contributed by atoms with Gasteiger partial charge in [0.05, 0.1) is 21.3 Å². The summed E-state index contributed by atoms with van der Waals surface area (Å²) in [5.41, 5.74) is 2.61. The lowest BCUT2D eigenvalue weighted by molar-refractivity contribution is -0.113. The number of fused-ring (bicyclic) bond motifs is 1. The second-order valence-electron chi connectivity index (χ2n) is 7.96. The van der Waals surface area contributed by atoms with E-state index in [1.807, 2.05) is 84.9 Å². The Kier molecular flexibility index (Phi) is 7.52. The predicted octanol–water partition coefficient (Wildman–Crippen LogP) is 8.09. The van der Waals surface area contributed by atoms with E-state index in [-0.39, 0.29) is 5.91 Å². The Hall–Kier alpha value is -2.59. The van der Waals surface area contributed by atoms with Crippen LogP contribution in [-0.4, -0.2) is 17.3 Å². The van der Waals surface area contributed by atoms with E-state index >= 15 is 0 Å². The van der Waals surface area contributed by atoms with Gasteiger partial charge in [0.15, 0.2) is 15.8 Å². The number of hydrogen-bond donors (Lipinski definition) is 0. The summed E-state index contributed by atoms with van der Waals surface area (Å²) in [7, 11) is 1.60. The Morgan fingerprint density at radius 3 is 2.58 bits per heavy atom. The lowest BCUT2D eigenvalue weighted by Gasteiger charge is -2.17. The number of thioether (sulfide) groups is 1. The fourth-order valence-corrected chi connectivity index (χ4v) is 6.12. The summed E-state index contributed by atoms with van der Waals surface area (Å²) in [4.78, 5) is 15.6. The van der Waals surface area contributed by atoms with Crippen LogP contribution >= 0.6 is 58.2 Å². The van der Waals surface area contributed by atoms with Crippen molar-refractivity contribution in [3.63, 3.8) is 0 Å². The van der Waals surface area contributed by atoms with Crippen LogP contribution in [0.3, 0.4) is 0 Å². The second kappa shape index (κ2) is 10.8. The van der Waals surface area contributed by atoms with E-state index in [1.54, 1.807) is 12.0 Å². The highest BCUT2D eigenvalue weighted by Gasteiger charge is 2.34. The number of benzene rings is 4. The maximum Gasteiger partial charge on any atom is 0.270 e. The molecule has 0 unspecified atom stereocenters. The Morgan fingerprint density at radius 2 is 1.81 bits per heavy atom. The normalized spacial score (nSPS) is 14.6. The number of rotatable bonds is 6. The van der Waals surface area contributed by atoms with E-state index in [0.29, 0.717) is 32.4 Å². The minimum atomic E-state index is -0.140. The highest BCUT2D eigenvalue weighted by atomic mass is 127. The van der Waals surface area contributed by atoms with Crippen LogP contribution in [0.1, 0.15) is 11.1 Å². The molecule has 1 fully saturated rings. The zero-order valence-corrected chi connectivity index (χ0v) is 23.6. The standard InChI is InChI=1S/C28H19ClINO3S2/c1-33-24-14-18(13-22(30)26(24)34-16-17-9-11-20(29)12-10-17)15-25-27(32)31(28(35)36-25)23-8-4-6-19-5-2-3-7-21(19)23/h2-15H,16H2,1H3/b25-15-. The van der Waals surface area contributed by atoms with Gasteiger partial charge in [0.2, 0.25) is 0 Å². The van der Waals surface area contributed by atoms with E-state index in [9.17, 15) is 4.79 Å². The van der Waals surface area contributed by atoms with Crippen molar-refractivity contribution in [1.82, 2.24) is 0 Å². The number of ether oxygens (including phenoxy) is 2. The molecule has 180 valence electrons. The Labute approximate surface area is 237 Å². The van der Waals surface area contributed by atoms with Gasteiger partial charge in [-0.05, 0) is 75.5 Å². The number of nitrogens with zero attached hydrogens (tertiary/aromatic N) is 1. The zero-order valence-electron chi connectivity index (χ0n) is 19.0. The zero-order chi connectivity index (χ0) is 25.2. The first-order chi connectivity index (χ1) is 17.4. The molecule has 8 heteroatoms. The Morgan fingerprint density at radius 1 is 1.06 bits per heavy atom. The molecule has 0 spiro atoms. The summed E-state index contributed by atoms with van der Waals surface area (Å²) in [6.07, 6.45) is 1.85. The largest absolute Gasteiger partial charge is 0.493 e. The van der Waals surface area contributed by atoms with Crippen molar-refractivity contribution in [2.45, 2.75) is 6.61 Å². The molecule has 1 aliphatic rings. The summed E-state index contributed by atoms with van der Waals surface area (Å²) in [5, 5.41) is 2.72. The molecule has 0 aromatic heterocycles. The maximum absolute atomic E-state index is 13.4. The Bertz CT molecular complexity index is 1520. The number of carbonyl (C=O) groups is 1. The first-order valence-corrected chi connectivity index (χ1v) is 13.6. The van der Waals surface area contributed by atoms with Crippen molar-refractivity contribution in [3.8, 4) is 11.5 Å². The van der Waals surface area contributed by atoms with Gasteiger partial charge in [-0.3, -0.25) is 9.69 Å². The van der Waals surface area contributed by atoms with E-state index < -0.39 is 0 Å². The number of anilines is 1. The average molecular weight is 644 g/mol. The van der Waals surface area contributed by atoms with Gasteiger partial charge in [0.25, 0.3) is 5.91 Å². The number of amides is 1. The number of halogens is 2. The van der Waals surface area contributed by atoms with E-state index in [2.05, 4.69) is 22.6 Å². The van der Waals surface area contributed by atoms with Crippen molar-refractivity contribution in [2.75, 3.05) is 12.0 Å². The SMILES string of the molecule is COc1cc(/C=C2\SC(=S)N(c3cccc4ccccc34)C2=O)cc(I)c1OCc1ccc(Cl)cc1. The molecule has 0 aliphatic carbocycles. The van der Waals surface area contributed by atoms with Crippen molar-refractivity contribution >= 4 is 90.9 Å². The molecule has 4 aromatic carbocycles. The molecule has 1 aliphatic heterocycles. The van der Waals surface area contributed by atoms with Crippen LogP contribution in [-0.2, 0) is 11.4 Å². The monoisotopic (exact) mass is 643 g/mol. The molecule has 0 saturated carbocycles. The van der Waals surface area contributed by atoms with E-state index in [4.69, 9.17) is 33.3 Å². The number of thiocarbonyl (C=S) groups is 1. The number of methoxy groups -OCH3 is 1. The molecular formula is C28H19ClINO3S2. The number of hydrogen-bond acceptors (Lipinski definition) is 5. The van der Waals surface area contributed by atoms with Gasteiger partial charge in [-0.1, -0.05) is 84.1 Å². The molecular weight excluding hydrogens is 625 g/mol. The van der Waals surface area contributed by atoms with Crippen molar-refractivity contribution in [3.05, 3.63) is 103 Å². The van der Waals surface area contributed by atoms with Crippen molar-refractivity contribution in [1.29, 1.82) is 0 Å². The molecule has 5 rings (SSSR count). The minimum absolute atomic E-state index is 0.140. The molecule has 1 saturated heterocycles. The molecule has 0 bridgehead atoms. The summed E-state index contributed by atoms with van der Waals surface area (Å²) < 4.78 is 13.1. The third-order valence-corrected chi connectivity index (χ3v) is 8.00. The summed E-state index contributed by atoms with van der Waals surface area (Å²) in [6.45, 7) is 0.382. The first-order valence-electron chi connectivity index (χ1n) is 10.9. The summed E-state index contributed by atoms with van der Waals surface area (Å²) >= 11 is 15.1. The molecule has 4 aromatic rings. The molecule has 1 amide bonds. The molecule has 4 nitrogen and oxygen atoms in total. The lowest BCUT2D eigenvalue weighted by atomic mass is 10.1. The molecule has 36 heavy (non-hydrogen) atoms. The maximum atomic E-state index is 13.4. The predicted molar refractivity (Wildman–Crippen MR) is 161 cm³/mol. The quantitative estimate of drug-likeness (QED) is 0.121. The third-order valence-electron chi connectivity index (χ3n) is 5.65. The fraction of sp³-hybridized carbons (Fsp3) is 0.0714. The van der Waals surface area contributed by atoms with Gasteiger partial charge in [-0.25, -0.2) is 0 Å². The van der Waals surface area contributed by atoms with Crippen LogP contribution in [0.25, 0.3) is 16.8 Å². The van der Waals surface area contributed by atoms with Gasteiger partial charge in [0, 0.05) is 10.4 Å². The van der Waals surface area contributed by atoms with Crippen molar-refractivity contribution < 1.29 is 14.3 Å². The highest BCUT2D eigenvalue weighted by Crippen LogP contribution is 2.40. The van der Waals surface area contributed by atoms with Crippen LogP contribution in [0, 0.1) is 3.57 Å². The van der Waals surface area contributed by atoms with Crippen molar-refractivity contribution in [2.24, 2.45) is 0 Å². The van der Waals surface area contributed by atoms with Gasteiger partial charge >= 0.3 is 0 Å². The van der Waals surface area contributed by atoms with E-state index in [1.165, 1.54) is 11.8 Å². The molecule has 0 radical (unpaired) electrons. The van der Waals surface area contributed by atoms with Crippen LogP contribution in [0.15, 0.2) is 83.8 Å². The minimum Gasteiger partial charge on any atom is -0.493 e. The Balaban J connectivity index is 1.42. The number of carbonyl (C=O) groups excluding carboxylic acids is 1. The topological polar surface area (TPSA) is 38.8 Å². The van der Waals surface area contributed by atoms with Gasteiger partial charge in [-0.2, -0.15) is 0 Å². The van der Waals surface area contributed by atoms with E-state index in [0.717, 1.165) is 31.2 Å². The third kappa shape index (κ3) is 5.11. The van der Waals surface area contributed by atoms with Gasteiger partial charge in [-0.15, -0.1) is 0 Å². The van der Waals surface area contributed by atoms with Crippen LogP contribution in [0.2, 0.25) is 5.02 Å². The summed E-state index contributed by atoms with van der Waals surface area (Å²) in [5.74, 6) is 1.10. The average Bonchev–Trinajstić information content (AvgIpc) is 3.15. The van der Waals surface area contributed by atoms with Crippen LogP contribution < -0.4 is 14.4 Å². The molecule has 1 heterocycles.